The van der Waals surface area contributed by atoms with E-state index >= 15 is 0 Å². The number of carboxylic acid groups (broad SMARTS) is 1. The number of hydrogen-bond donors (Lipinski definition) is 2. The average Bonchev–Trinajstić information content (AvgIpc) is 2.42. The van der Waals surface area contributed by atoms with Gasteiger partial charge in [0, 0.05) is 19.1 Å². The number of nitrogens with one attached hydrogen (secondary N) is 1. The van der Waals surface area contributed by atoms with E-state index in [1.54, 1.807) is 4.90 Å². The van der Waals surface area contributed by atoms with E-state index in [-0.39, 0.29) is 24.8 Å². The number of urea groups is 1. The zero-order valence-electron chi connectivity index (χ0n) is 11.7. The van der Waals surface area contributed by atoms with Crippen LogP contribution in [0, 0.1) is 0 Å². The monoisotopic (exact) mass is 272 g/mol. The summed E-state index contributed by atoms with van der Waals surface area (Å²) in [6, 6.07) is 0.207. The van der Waals surface area contributed by atoms with Gasteiger partial charge in [0.05, 0.1) is 6.10 Å². The summed E-state index contributed by atoms with van der Waals surface area (Å²) in [6.07, 6.45) is 3.21. The lowest BCUT2D eigenvalue weighted by atomic mass is 10.1. The van der Waals surface area contributed by atoms with Crippen LogP contribution in [0.4, 0.5) is 4.79 Å². The van der Waals surface area contributed by atoms with Gasteiger partial charge in [0.1, 0.15) is 6.61 Å². The summed E-state index contributed by atoms with van der Waals surface area (Å²) in [7, 11) is 0. The normalized spacial score (nSPS) is 16.7. The Morgan fingerprint density at radius 2 is 1.89 bits per heavy atom. The van der Waals surface area contributed by atoms with Crippen molar-refractivity contribution >= 4 is 12.0 Å². The molecule has 1 aliphatic heterocycles. The molecule has 6 nitrogen and oxygen atoms in total. The highest BCUT2D eigenvalue weighted by molar-refractivity contribution is 5.74. The van der Waals surface area contributed by atoms with Gasteiger partial charge in [0.25, 0.3) is 0 Å². The summed E-state index contributed by atoms with van der Waals surface area (Å²) in [4.78, 5) is 24.2. The van der Waals surface area contributed by atoms with Crippen LogP contribution in [0.15, 0.2) is 0 Å². The van der Waals surface area contributed by atoms with Gasteiger partial charge in [-0.1, -0.05) is 13.8 Å². The van der Waals surface area contributed by atoms with Crippen LogP contribution in [0.3, 0.4) is 0 Å². The maximum atomic E-state index is 12.0. The zero-order valence-corrected chi connectivity index (χ0v) is 11.7. The Labute approximate surface area is 114 Å². The van der Waals surface area contributed by atoms with Gasteiger partial charge >= 0.3 is 12.0 Å². The van der Waals surface area contributed by atoms with Crippen LogP contribution in [0.1, 0.15) is 39.5 Å². The minimum atomic E-state index is -0.950. The second-order valence-corrected chi connectivity index (χ2v) is 4.85. The number of amides is 2. The molecule has 0 aromatic heterocycles. The van der Waals surface area contributed by atoms with Crippen LogP contribution in [0.2, 0.25) is 0 Å². The third-order valence-corrected chi connectivity index (χ3v) is 3.48. The van der Waals surface area contributed by atoms with E-state index in [2.05, 4.69) is 19.2 Å². The molecule has 1 rings (SSSR count). The topological polar surface area (TPSA) is 78.9 Å². The highest BCUT2D eigenvalue weighted by atomic mass is 16.5. The first-order valence-electron chi connectivity index (χ1n) is 6.95. The second-order valence-electron chi connectivity index (χ2n) is 4.85. The van der Waals surface area contributed by atoms with Crippen molar-refractivity contribution in [2.24, 2.45) is 0 Å². The SMILES string of the molecule is CCC(CC)NC(=O)N1CCC(OCC(=O)O)CC1. The number of nitrogens with zero attached hydrogens (tertiary/aromatic N) is 1. The van der Waals surface area contributed by atoms with Crippen LogP contribution in [0.5, 0.6) is 0 Å². The first-order chi connectivity index (χ1) is 9.06. The molecule has 2 N–H and O–H groups in total. The van der Waals surface area contributed by atoms with Crippen molar-refractivity contribution < 1.29 is 19.4 Å². The Kier molecular flexibility index (Phi) is 6.62. The van der Waals surface area contributed by atoms with E-state index in [0.717, 1.165) is 12.8 Å². The molecular formula is C13H24N2O4. The highest BCUT2D eigenvalue weighted by Crippen LogP contribution is 2.14. The number of rotatable bonds is 6. The molecule has 0 aromatic rings. The van der Waals surface area contributed by atoms with Gasteiger partial charge in [0.15, 0.2) is 0 Å². The maximum absolute atomic E-state index is 12.0. The lowest BCUT2D eigenvalue weighted by Crippen LogP contribution is -2.48. The van der Waals surface area contributed by atoms with Crippen LogP contribution in [-0.4, -0.2) is 53.8 Å². The molecule has 1 fully saturated rings. The van der Waals surface area contributed by atoms with Crippen molar-refractivity contribution in [2.45, 2.75) is 51.7 Å². The van der Waals surface area contributed by atoms with Gasteiger partial charge in [-0.2, -0.15) is 0 Å². The van der Waals surface area contributed by atoms with Crippen LogP contribution in [-0.2, 0) is 9.53 Å². The Balaban J connectivity index is 2.28. The first kappa shape index (κ1) is 15.8. The van der Waals surface area contributed by atoms with Crippen molar-refractivity contribution in [1.82, 2.24) is 10.2 Å². The van der Waals surface area contributed by atoms with Crippen molar-refractivity contribution in [3.63, 3.8) is 0 Å². The van der Waals surface area contributed by atoms with E-state index in [1.807, 2.05) is 0 Å². The summed E-state index contributed by atoms with van der Waals surface area (Å²) < 4.78 is 5.24. The lowest BCUT2D eigenvalue weighted by molar-refractivity contribution is -0.145. The quantitative estimate of drug-likeness (QED) is 0.767. The molecule has 1 aliphatic rings. The van der Waals surface area contributed by atoms with Gasteiger partial charge in [-0.25, -0.2) is 9.59 Å². The van der Waals surface area contributed by atoms with Gasteiger partial charge in [0.2, 0.25) is 0 Å². The van der Waals surface area contributed by atoms with Gasteiger partial charge < -0.3 is 20.1 Å². The maximum Gasteiger partial charge on any atom is 0.329 e. The van der Waals surface area contributed by atoms with Crippen molar-refractivity contribution in [3.8, 4) is 0 Å². The minimum Gasteiger partial charge on any atom is -0.480 e. The average molecular weight is 272 g/mol. The predicted molar refractivity (Wildman–Crippen MR) is 71.1 cm³/mol. The third kappa shape index (κ3) is 5.46. The second kappa shape index (κ2) is 7.99. The molecule has 0 radical (unpaired) electrons. The van der Waals surface area contributed by atoms with E-state index in [9.17, 15) is 9.59 Å². The molecule has 0 atom stereocenters. The molecule has 1 heterocycles. The fraction of sp³-hybridized carbons (Fsp3) is 0.846. The molecule has 0 aliphatic carbocycles. The van der Waals surface area contributed by atoms with Crippen molar-refractivity contribution in [1.29, 1.82) is 0 Å². The Bertz CT molecular complexity index is 297. The van der Waals surface area contributed by atoms with Crippen LogP contribution < -0.4 is 5.32 Å². The summed E-state index contributed by atoms with van der Waals surface area (Å²) in [6.45, 7) is 5.10. The first-order valence-corrected chi connectivity index (χ1v) is 6.95. The molecule has 2 amide bonds. The van der Waals surface area contributed by atoms with E-state index in [4.69, 9.17) is 9.84 Å². The molecule has 0 saturated carbocycles. The molecule has 0 bridgehead atoms. The number of likely N-dealkylation sites (tertiary alicyclic amines) is 1. The number of carbonyl (C=O) groups excluding carboxylic acids is 1. The van der Waals surface area contributed by atoms with E-state index < -0.39 is 5.97 Å². The molecule has 0 aromatic carbocycles. The highest BCUT2D eigenvalue weighted by Gasteiger charge is 2.24. The van der Waals surface area contributed by atoms with Gasteiger partial charge in [-0.05, 0) is 25.7 Å². The van der Waals surface area contributed by atoms with Crippen molar-refractivity contribution in [3.05, 3.63) is 0 Å². The standard InChI is InChI=1S/C13H24N2O4/c1-3-10(4-2)14-13(18)15-7-5-11(6-8-15)19-9-12(16)17/h10-11H,3-9H2,1-2H3,(H,14,18)(H,16,17). The summed E-state index contributed by atoms with van der Waals surface area (Å²) >= 11 is 0. The van der Waals surface area contributed by atoms with E-state index in [0.29, 0.717) is 25.9 Å². The van der Waals surface area contributed by atoms with Crippen LogP contribution >= 0.6 is 0 Å². The summed E-state index contributed by atoms with van der Waals surface area (Å²) in [5, 5.41) is 11.5. The number of carboxylic acids is 1. The Hall–Kier alpha value is -1.30. The van der Waals surface area contributed by atoms with Crippen LogP contribution in [0.25, 0.3) is 0 Å². The van der Waals surface area contributed by atoms with Gasteiger partial charge in [-0.15, -0.1) is 0 Å². The fourth-order valence-electron chi connectivity index (χ4n) is 2.17. The zero-order chi connectivity index (χ0) is 14.3. The third-order valence-electron chi connectivity index (χ3n) is 3.48. The lowest BCUT2D eigenvalue weighted by Gasteiger charge is -2.32. The molecular weight excluding hydrogens is 248 g/mol. The summed E-state index contributed by atoms with van der Waals surface area (Å²) in [5.41, 5.74) is 0. The van der Waals surface area contributed by atoms with Gasteiger partial charge in [-0.3, -0.25) is 0 Å². The molecule has 0 unspecified atom stereocenters. The molecule has 1 saturated heterocycles. The fourth-order valence-corrected chi connectivity index (χ4v) is 2.17. The van der Waals surface area contributed by atoms with Crippen molar-refractivity contribution in [2.75, 3.05) is 19.7 Å². The predicted octanol–water partition coefficient (Wildman–Crippen LogP) is 1.45. The smallest absolute Gasteiger partial charge is 0.329 e. The summed E-state index contributed by atoms with van der Waals surface area (Å²) in [5.74, 6) is -0.950. The Morgan fingerprint density at radius 3 is 2.37 bits per heavy atom. The van der Waals surface area contributed by atoms with E-state index in [1.165, 1.54) is 0 Å². The number of aliphatic carboxylic acids is 1. The molecule has 110 valence electrons. The molecule has 6 heteroatoms. The minimum absolute atomic E-state index is 0.0228. The number of hydrogen-bond acceptors (Lipinski definition) is 3. The Morgan fingerprint density at radius 1 is 1.32 bits per heavy atom. The molecule has 0 spiro atoms. The number of ether oxygens (including phenoxy) is 1. The molecule has 19 heavy (non-hydrogen) atoms. The number of carbonyl (C=O) groups is 2. The number of piperidine rings is 1. The largest absolute Gasteiger partial charge is 0.480 e.